The third kappa shape index (κ3) is 3.95. The Morgan fingerprint density at radius 2 is 2.00 bits per heavy atom. The van der Waals surface area contributed by atoms with Crippen LogP contribution in [0.1, 0.15) is 58.8 Å². The highest BCUT2D eigenvalue weighted by atomic mass is 16.2. The molecule has 0 aromatic rings. The molecule has 3 heteroatoms. The smallest absolute Gasteiger partial charge is 0.226 e. The lowest BCUT2D eigenvalue weighted by atomic mass is 9.79. The molecule has 2 rings (SSSR count). The maximum Gasteiger partial charge on any atom is 0.226 e. The molecule has 0 spiro atoms. The van der Waals surface area contributed by atoms with Gasteiger partial charge >= 0.3 is 0 Å². The average molecular weight is 266 g/mol. The fourth-order valence-electron chi connectivity index (χ4n) is 3.59. The zero-order valence-corrected chi connectivity index (χ0v) is 12.7. The summed E-state index contributed by atoms with van der Waals surface area (Å²) in [6.45, 7) is 7.24. The van der Waals surface area contributed by atoms with Crippen LogP contribution < -0.4 is 5.32 Å². The Morgan fingerprint density at radius 3 is 2.63 bits per heavy atom. The first-order valence-electron chi connectivity index (χ1n) is 8.23. The zero-order chi connectivity index (χ0) is 13.7. The van der Waals surface area contributed by atoms with Crippen molar-refractivity contribution in [3.63, 3.8) is 0 Å². The molecule has 1 aliphatic carbocycles. The van der Waals surface area contributed by atoms with Crippen molar-refractivity contribution in [1.82, 2.24) is 10.2 Å². The molecule has 1 atom stereocenters. The molecule has 0 unspecified atom stereocenters. The average Bonchev–Trinajstić information content (AvgIpc) is 2.45. The number of carbonyl (C=O) groups excluding carboxylic acids is 1. The molecule has 0 bridgehead atoms. The van der Waals surface area contributed by atoms with E-state index in [-0.39, 0.29) is 0 Å². The quantitative estimate of drug-likeness (QED) is 0.848. The van der Waals surface area contributed by atoms with Crippen molar-refractivity contribution in [2.24, 2.45) is 11.8 Å². The summed E-state index contributed by atoms with van der Waals surface area (Å²) in [6.07, 6.45) is 8.85. The molecule has 1 aliphatic heterocycles. The van der Waals surface area contributed by atoms with Gasteiger partial charge in [-0.05, 0) is 38.5 Å². The van der Waals surface area contributed by atoms with Gasteiger partial charge in [0.15, 0.2) is 0 Å². The number of nitrogens with one attached hydrogen (secondary N) is 1. The van der Waals surface area contributed by atoms with Crippen LogP contribution >= 0.6 is 0 Å². The maximum atomic E-state index is 12.6. The monoisotopic (exact) mass is 266 g/mol. The molecule has 1 amide bonds. The van der Waals surface area contributed by atoms with Gasteiger partial charge in [0, 0.05) is 31.6 Å². The summed E-state index contributed by atoms with van der Waals surface area (Å²) in [7, 11) is 0. The van der Waals surface area contributed by atoms with E-state index in [1.54, 1.807) is 0 Å². The van der Waals surface area contributed by atoms with E-state index >= 15 is 0 Å². The Labute approximate surface area is 118 Å². The molecule has 2 fully saturated rings. The minimum atomic E-state index is 0.318. The highest BCUT2D eigenvalue weighted by molar-refractivity contribution is 5.79. The van der Waals surface area contributed by atoms with Crippen molar-refractivity contribution in [1.29, 1.82) is 0 Å². The second-order valence-electron chi connectivity index (χ2n) is 6.44. The van der Waals surface area contributed by atoms with Crippen LogP contribution in [-0.2, 0) is 4.79 Å². The van der Waals surface area contributed by atoms with Gasteiger partial charge in [0.25, 0.3) is 0 Å². The first kappa shape index (κ1) is 14.8. The van der Waals surface area contributed by atoms with E-state index in [4.69, 9.17) is 0 Å². The molecule has 0 radical (unpaired) electrons. The third-order valence-corrected chi connectivity index (χ3v) is 4.95. The number of rotatable bonds is 4. The van der Waals surface area contributed by atoms with E-state index in [0.29, 0.717) is 17.9 Å². The van der Waals surface area contributed by atoms with Crippen LogP contribution in [0.5, 0.6) is 0 Å². The van der Waals surface area contributed by atoms with Gasteiger partial charge < -0.3 is 10.2 Å². The minimum Gasteiger partial charge on any atom is -0.337 e. The van der Waals surface area contributed by atoms with Crippen LogP contribution in [0.2, 0.25) is 0 Å². The van der Waals surface area contributed by atoms with Crippen LogP contribution in [-0.4, -0.2) is 36.5 Å². The molecule has 1 heterocycles. The van der Waals surface area contributed by atoms with Gasteiger partial charge in [0.1, 0.15) is 0 Å². The van der Waals surface area contributed by atoms with Crippen LogP contribution in [0.3, 0.4) is 0 Å². The number of piperazine rings is 1. The molecular weight excluding hydrogens is 236 g/mol. The summed E-state index contributed by atoms with van der Waals surface area (Å²) >= 11 is 0. The Bertz CT molecular complexity index is 284. The van der Waals surface area contributed by atoms with E-state index in [1.807, 2.05) is 0 Å². The summed E-state index contributed by atoms with van der Waals surface area (Å²) in [5, 5.41) is 3.36. The van der Waals surface area contributed by atoms with Gasteiger partial charge in [-0.15, -0.1) is 0 Å². The van der Waals surface area contributed by atoms with Crippen LogP contribution in [0.15, 0.2) is 0 Å². The zero-order valence-electron chi connectivity index (χ0n) is 12.7. The van der Waals surface area contributed by atoms with Gasteiger partial charge in [-0.2, -0.15) is 0 Å². The van der Waals surface area contributed by atoms with E-state index in [9.17, 15) is 4.79 Å². The van der Waals surface area contributed by atoms with Crippen LogP contribution in [0, 0.1) is 11.8 Å². The van der Waals surface area contributed by atoms with Crippen molar-refractivity contribution in [2.75, 3.05) is 19.6 Å². The highest BCUT2D eigenvalue weighted by Gasteiger charge is 2.32. The molecule has 3 nitrogen and oxygen atoms in total. The summed E-state index contributed by atoms with van der Waals surface area (Å²) in [4.78, 5) is 14.7. The number of unbranched alkanes of at least 4 members (excludes halogenated alkanes) is 1. The molecule has 1 saturated heterocycles. The Kier molecular flexibility index (Phi) is 5.68. The number of carbonyl (C=O) groups is 1. The maximum absolute atomic E-state index is 12.6. The van der Waals surface area contributed by atoms with Gasteiger partial charge in [-0.3, -0.25) is 4.79 Å². The van der Waals surface area contributed by atoms with E-state index in [1.165, 1.54) is 32.1 Å². The van der Waals surface area contributed by atoms with Crippen molar-refractivity contribution >= 4 is 5.91 Å². The van der Waals surface area contributed by atoms with E-state index in [0.717, 1.165) is 38.4 Å². The first-order valence-corrected chi connectivity index (χ1v) is 8.23. The molecule has 1 N–H and O–H groups in total. The lowest BCUT2D eigenvalue weighted by molar-refractivity contribution is -0.139. The van der Waals surface area contributed by atoms with Crippen LogP contribution in [0.4, 0.5) is 0 Å². The summed E-state index contributed by atoms with van der Waals surface area (Å²) in [6, 6.07) is 0.374. The molecular formula is C16H30N2O. The number of amides is 1. The van der Waals surface area contributed by atoms with Crippen molar-refractivity contribution < 1.29 is 4.79 Å². The Balaban J connectivity index is 1.78. The fourth-order valence-corrected chi connectivity index (χ4v) is 3.59. The van der Waals surface area contributed by atoms with E-state index in [2.05, 4.69) is 24.1 Å². The fraction of sp³-hybridized carbons (Fsp3) is 0.938. The van der Waals surface area contributed by atoms with E-state index < -0.39 is 0 Å². The van der Waals surface area contributed by atoms with Crippen LogP contribution in [0.25, 0.3) is 0 Å². The molecule has 19 heavy (non-hydrogen) atoms. The van der Waals surface area contributed by atoms with Crippen molar-refractivity contribution in [3.05, 3.63) is 0 Å². The largest absolute Gasteiger partial charge is 0.337 e. The third-order valence-electron chi connectivity index (χ3n) is 4.95. The predicted octanol–water partition coefficient (Wildman–Crippen LogP) is 2.80. The molecule has 1 saturated carbocycles. The Hall–Kier alpha value is -0.570. The number of nitrogens with zero attached hydrogens (tertiary/aromatic N) is 1. The van der Waals surface area contributed by atoms with Gasteiger partial charge in [-0.1, -0.05) is 26.2 Å². The first-order chi connectivity index (χ1) is 9.22. The lowest BCUT2D eigenvalue weighted by Crippen LogP contribution is -2.54. The minimum absolute atomic E-state index is 0.318. The second kappa shape index (κ2) is 7.28. The SMILES string of the molecule is CCCCC1CCC(C(=O)N2CCNC[C@@H]2C)CC1. The van der Waals surface area contributed by atoms with Crippen molar-refractivity contribution in [3.8, 4) is 0 Å². The topological polar surface area (TPSA) is 32.3 Å². The number of hydrogen-bond donors (Lipinski definition) is 1. The summed E-state index contributed by atoms with van der Waals surface area (Å²) in [5.41, 5.74) is 0. The Morgan fingerprint density at radius 1 is 1.26 bits per heavy atom. The lowest BCUT2D eigenvalue weighted by Gasteiger charge is -2.38. The second-order valence-corrected chi connectivity index (χ2v) is 6.44. The molecule has 2 aliphatic rings. The normalized spacial score (nSPS) is 32.3. The van der Waals surface area contributed by atoms with Crippen molar-refractivity contribution in [2.45, 2.75) is 64.8 Å². The molecule has 0 aromatic heterocycles. The summed E-state index contributed by atoms with van der Waals surface area (Å²) in [5.74, 6) is 1.64. The molecule has 0 aromatic carbocycles. The number of hydrogen-bond acceptors (Lipinski definition) is 2. The predicted molar refractivity (Wildman–Crippen MR) is 79.0 cm³/mol. The highest BCUT2D eigenvalue weighted by Crippen LogP contribution is 2.33. The van der Waals surface area contributed by atoms with Gasteiger partial charge in [0.2, 0.25) is 5.91 Å². The standard InChI is InChI=1S/C16H30N2O/c1-3-4-5-14-6-8-15(9-7-14)16(19)18-11-10-17-12-13(18)2/h13-15,17H,3-12H2,1-2H3/t13-,14?,15?/m0/s1. The van der Waals surface area contributed by atoms with Gasteiger partial charge in [-0.25, -0.2) is 0 Å². The molecule has 110 valence electrons. The van der Waals surface area contributed by atoms with Gasteiger partial charge in [0.05, 0.1) is 0 Å². The summed E-state index contributed by atoms with van der Waals surface area (Å²) < 4.78 is 0.